The summed E-state index contributed by atoms with van der Waals surface area (Å²) >= 11 is 0. The Morgan fingerprint density at radius 3 is 2.08 bits per heavy atom. The number of hydrogen-bond acceptors (Lipinski definition) is 4. The highest BCUT2D eigenvalue weighted by atomic mass is 32.2. The third-order valence-corrected chi connectivity index (χ3v) is 7.03. The van der Waals surface area contributed by atoms with E-state index in [2.05, 4.69) is 23.5 Å². The number of morpholine rings is 1. The Balaban J connectivity index is 2.23. The molecular weight excluding hydrogens is 336 g/mol. The number of hydrogen-bond donors (Lipinski definition) is 1. The minimum Gasteiger partial charge on any atom is -0.379 e. The van der Waals surface area contributed by atoms with Crippen molar-refractivity contribution in [2.75, 3.05) is 32.8 Å². The molecule has 0 unspecified atom stereocenters. The van der Waals surface area contributed by atoms with Gasteiger partial charge in [0.15, 0.2) is 0 Å². The van der Waals surface area contributed by atoms with Gasteiger partial charge in [-0.15, -0.1) is 0 Å². The lowest BCUT2D eigenvalue weighted by Gasteiger charge is -2.37. The van der Waals surface area contributed by atoms with Gasteiger partial charge in [0.1, 0.15) is 0 Å². The summed E-state index contributed by atoms with van der Waals surface area (Å²) < 4.78 is 34.4. The lowest BCUT2D eigenvalue weighted by molar-refractivity contribution is 0.00776. The van der Waals surface area contributed by atoms with Crippen molar-refractivity contribution in [2.45, 2.75) is 52.5 Å². The Hall–Kier alpha value is -0.950. The van der Waals surface area contributed by atoms with E-state index < -0.39 is 10.0 Å². The van der Waals surface area contributed by atoms with Crippen LogP contribution < -0.4 is 4.72 Å². The molecule has 1 aliphatic heterocycles. The first-order valence-electron chi connectivity index (χ1n) is 9.04. The van der Waals surface area contributed by atoms with Gasteiger partial charge in [0.2, 0.25) is 10.0 Å². The van der Waals surface area contributed by atoms with Crippen molar-refractivity contribution < 1.29 is 13.2 Å². The molecule has 0 saturated carbocycles. The summed E-state index contributed by atoms with van der Waals surface area (Å²) in [5.74, 6) is 0.363. The minimum atomic E-state index is -3.54. The van der Waals surface area contributed by atoms with E-state index in [4.69, 9.17) is 4.74 Å². The molecule has 1 N–H and O–H groups in total. The van der Waals surface area contributed by atoms with E-state index in [-0.39, 0.29) is 6.04 Å². The molecule has 0 radical (unpaired) electrons. The first-order chi connectivity index (χ1) is 11.6. The monoisotopic (exact) mass is 368 g/mol. The third kappa shape index (κ3) is 4.61. The number of aryl methyl sites for hydroxylation is 2. The maximum atomic E-state index is 13.0. The maximum absolute atomic E-state index is 13.0. The zero-order chi connectivity index (χ0) is 18.8. The van der Waals surface area contributed by atoms with E-state index >= 15 is 0 Å². The number of nitrogens with zero attached hydrogens (tertiary/aromatic N) is 1. The standard InChI is InChI=1S/C19H32N2O3S/c1-13(2)18(21-7-9-24-10-8-21)12-20-25(22,23)19-16(5)14(3)11-15(4)17(19)6/h11,13,18,20H,7-10,12H2,1-6H3/t18-/m1/s1. The molecule has 0 aromatic heterocycles. The Morgan fingerprint density at radius 2 is 1.60 bits per heavy atom. The van der Waals surface area contributed by atoms with Crippen LogP contribution >= 0.6 is 0 Å². The summed E-state index contributed by atoms with van der Waals surface area (Å²) in [4.78, 5) is 2.77. The van der Waals surface area contributed by atoms with Crippen molar-refractivity contribution in [3.8, 4) is 0 Å². The van der Waals surface area contributed by atoms with E-state index in [1.807, 2.05) is 33.8 Å². The lowest BCUT2D eigenvalue weighted by atomic mass is 10.0. The quantitative estimate of drug-likeness (QED) is 0.838. The summed E-state index contributed by atoms with van der Waals surface area (Å²) in [6.45, 7) is 15.5. The fourth-order valence-corrected chi connectivity index (χ4v) is 5.21. The fourth-order valence-electron chi connectivity index (χ4n) is 3.55. The highest BCUT2D eigenvalue weighted by Gasteiger charge is 2.27. The molecule has 0 bridgehead atoms. The van der Waals surface area contributed by atoms with Crippen LogP contribution in [0.4, 0.5) is 0 Å². The SMILES string of the molecule is Cc1cc(C)c(C)c(S(=O)(=O)NC[C@H](C(C)C)N2CCOCC2)c1C. The molecule has 2 rings (SSSR count). The Morgan fingerprint density at radius 1 is 1.08 bits per heavy atom. The number of ether oxygens (including phenoxy) is 1. The van der Waals surface area contributed by atoms with Gasteiger partial charge in [-0.3, -0.25) is 4.90 Å². The molecule has 1 aliphatic rings. The zero-order valence-corrected chi connectivity index (χ0v) is 17.2. The molecule has 0 amide bonds. The Labute approximate surface area is 152 Å². The van der Waals surface area contributed by atoms with Crippen molar-refractivity contribution in [2.24, 2.45) is 5.92 Å². The molecule has 0 spiro atoms. The molecule has 1 saturated heterocycles. The largest absolute Gasteiger partial charge is 0.379 e. The number of sulfonamides is 1. The molecule has 1 heterocycles. The van der Waals surface area contributed by atoms with Gasteiger partial charge in [-0.1, -0.05) is 19.9 Å². The van der Waals surface area contributed by atoms with Gasteiger partial charge in [-0.05, 0) is 55.9 Å². The van der Waals surface area contributed by atoms with Gasteiger partial charge in [0.25, 0.3) is 0 Å². The maximum Gasteiger partial charge on any atom is 0.241 e. The molecule has 1 aromatic rings. The molecule has 5 nitrogen and oxygen atoms in total. The summed E-state index contributed by atoms with van der Waals surface area (Å²) in [5, 5.41) is 0. The first kappa shape index (κ1) is 20.4. The van der Waals surface area contributed by atoms with Crippen molar-refractivity contribution in [3.05, 3.63) is 28.3 Å². The Kier molecular flexibility index (Phi) is 6.65. The molecule has 6 heteroatoms. The van der Waals surface area contributed by atoms with Gasteiger partial charge < -0.3 is 4.74 Å². The normalized spacial score (nSPS) is 17.9. The molecule has 1 atom stereocenters. The molecule has 0 aliphatic carbocycles. The van der Waals surface area contributed by atoms with Crippen molar-refractivity contribution in [1.29, 1.82) is 0 Å². The second-order valence-electron chi connectivity index (χ2n) is 7.40. The average Bonchev–Trinajstić information content (AvgIpc) is 2.54. The van der Waals surface area contributed by atoms with Gasteiger partial charge in [0, 0.05) is 25.7 Å². The summed E-state index contributed by atoms with van der Waals surface area (Å²) in [5.41, 5.74) is 3.69. The minimum absolute atomic E-state index is 0.171. The third-order valence-electron chi connectivity index (χ3n) is 5.33. The van der Waals surface area contributed by atoms with Crippen molar-refractivity contribution in [1.82, 2.24) is 9.62 Å². The summed E-state index contributed by atoms with van der Waals surface area (Å²) in [6.07, 6.45) is 0. The van der Waals surface area contributed by atoms with Crippen LogP contribution in [0.2, 0.25) is 0 Å². The highest BCUT2D eigenvalue weighted by Crippen LogP contribution is 2.26. The number of nitrogens with one attached hydrogen (secondary N) is 1. The second-order valence-corrected chi connectivity index (χ2v) is 9.10. The predicted molar refractivity (Wildman–Crippen MR) is 102 cm³/mol. The van der Waals surface area contributed by atoms with E-state index in [1.165, 1.54) is 0 Å². The molecule has 25 heavy (non-hydrogen) atoms. The van der Waals surface area contributed by atoms with E-state index in [0.717, 1.165) is 35.3 Å². The topological polar surface area (TPSA) is 58.6 Å². The molecule has 1 aromatic carbocycles. The molecule has 142 valence electrons. The van der Waals surface area contributed by atoms with Crippen LogP contribution in [0.1, 0.15) is 36.1 Å². The van der Waals surface area contributed by atoms with Crippen molar-refractivity contribution >= 4 is 10.0 Å². The Bertz CT molecular complexity index is 682. The van der Waals surface area contributed by atoms with E-state index in [1.54, 1.807) is 0 Å². The van der Waals surface area contributed by atoms with Crippen molar-refractivity contribution in [3.63, 3.8) is 0 Å². The smallest absolute Gasteiger partial charge is 0.241 e. The second kappa shape index (κ2) is 8.16. The van der Waals surface area contributed by atoms with Crippen LogP contribution in [-0.2, 0) is 14.8 Å². The number of benzene rings is 1. The summed E-state index contributed by atoms with van der Waals surface area (Å²) in [6, 6.07) is 2.22. The van der Waals surface area contributed by atoms with Crippen LogP contribution in [-0.4, -0.2) is 52.2 Å². The molecular formula is C19H32N2O3S. The van der Waals surface area contributed by atoms with Crippen LogP contribution in [0, 0.1) is 33.6 Å². The van der Waals surface area contributed by atoms with Gasteiger partial charge >= 0.3 is 0 Å². The fraction of sp³-hybridized carbons (Fsp3) is 0.684. The van der Waals surface area contributed by atoms with Gasteiger partial charge in [0.05, 0.1) is 18.1 Å². The van der Waals surface area contributed by atoms with Crippen LogP contribution in [0.25, 0.3) is 0 Å². The predicted octanol–water partition coefficient (Wildman–Crippen LogP) is 2.56. The summed E-state index contributed by atoms with van der Waals surface area (Å²) in [7, 11) is -3.54. The van der Waals surface area contributed by atoms with Crippen LogP contribution in [0.15, 0.2) is 11.0 Å². The first-order valence-corrected chi connectivity index (χ1v) is 10.5. The van der Waals surface area contributed by atoms with Gasteiger partial charge in [-0.25, -0.2) is 13.1 Å². The van der Waals surface area contributed by atoms with Crippen LogP contribution in [0.5, 0.6) is 0 Å². The van der Waals surface area contributed by atoms with Gasteiger partial charge in [-0.2, -0.15) is 0 Å². The lowest BCUT2D eigenvalue weighted by Crippen LogP contribution is -2.51. The average molecular weight is 369 g/mol. The zero-order valence-electron chi connectivity index (χ0n) is 16.3. The number of rotatable bonds is 6. The molecule has 1 fully saturated rings. The van der Waals surface area contributed by atoms with Crippen LogP contribution in [0.3, 0.4) is 0 Å². The van der Waals surface area contributed by atoms with E-state index in [9.17, 15) is 8.42 Å². The van der Waals surface area contributed by atoms with E-state index in [0.29, 0.717) is 30.6 Å². The highest BCUT2D eigenvalue weighted by molar-refractivity contribution is 7.89.